The van der Waals surface area contributed by atoms with Crippen molar-refractivity contribution in [3.8, 4) is 0 Å². The van der Waals surface area contributed by atoms with E-state index >= 15 is 0 Å². The van der Waals surface area contributed by atoms with Crippen LogP contribution in [-0.2, 0) is 6.54 Å². The number of rotatable bonds is 7. The highest BCUT2D eigenvalue weighted by Gasteiger charge is 2.04. The van der Waals surface area contributed by atoms with Crippen LogP contribution >= 0.6 is 15.9 Å². The van der Waals surface area contributed by atoms with Crippen molar-refractivity contribution in [3.63, 3.8) is 0 Å². The Bertz CT molecular complexity index is 499. The third kappa shape index (κ3) is 4.20. The molecule has 2 heterocycles. The van der Waals surface area contributed by atoms with Gasteiger partial charge in [-0.2, -0.15) is 4.98 Å². The minimum Gasteiger partial charge on any atom is -0.367 e. The smallest absolute Gasteiger partial charge is 0.224 e. The van der Waals surface area contributed by atoms with E-state index in [9.17, 15) is 0 Å². The molecule has 2 aromatic heterocycles. The van der Waals surface area contributed by atoms with E-state index in [4.69, 9.17) is 0 Å². The normalized spacial score (nSPS) is 10.4. The van der Waals surface area contributed by atoms with E-state index in [1.165, 1.54) is 0 Å². The van der Waals surface area contributed by atoms with Crippen molar-refractivity contribution in [2.45, 2.75) is 19.9 Å². The van der Waals surface area contributed by atoms with Gasteiger partial charge in [-0.25, -0.2) is 9.97 Å². The predicted molar refractivity (Wildman–Crippen MR) is 79.2 cm³/mol. The molecule has 0 atom stereocenters. The number of nitrogens with zero attached hydrogens (tertiary/aromatic N) is 4. The van der Waals surface area contributed by atoms with E-state index < -0.39 is 0 Å². The van der Waals surface area contributed by atoms with Crippen LogP contribution in [0.4, 0.5) is 11.8 Å². The standard InChI is InChI=1S/C12H17BrN6/c1-2-3-16-12-17-8-10(13)11(18-12)15-5-7-19-6-4-14-9-19/h4,6,8-9H,2-3,5,7H2,1H3,(H2,15,16,17,18). The van der Waals surface area contributed by atoms with Crippen LogP contribution in [0.5, 0.6) is 0 Å². The average Bonchev–Trinajstić information content (AvgIpc) is 2.92. The largest absolute Gasteiger partial charge is 0.367 e. The van der Waals surface area contributed by atoms with Gasteiger partial charge in [0.25, 0.3) is 0 Å². The Morgan fingerprint density at radius 3 is 2.95 bits per heavy atom. The highest BCUT2D eigenvalue weighted by atomic mass is 79.9. The van der Waals surface area contributed by atoms with Crippen LogP contribution in [0.15, 0.2) is 29.4 Å². The summed E-state index contributed by atoms with van der Waals surface area (Å²) in [4.78, 5) is 12.6. The first-order valence-corrected chi connectivity index (χ1v) is 7.05. The zero-order valence-corrected chi connectivity index (χ0v) is 12.4. The zero-order valence-electron chi connectivity index (χ0n) is 10.8. The van der Waals surface area contributed by atoms with Crippen molar-refractivity contribution < 1.29 is 0 Å². The highest BCUT2D eigenvalue weighted by Crippen LogP contribution is 2.19. The molecule has 0 saturated carbocycles. The quantitative estimate of drug-likeness (QED) is 0.818. The fourth-order valence-electron chi connectivity index (χ4n) is 1.54. The summed E-state index contributed by atoms with van der Waals surface area (Å²) in [5, 5.41) is 6.45. The Morgan fingerprint density at radius 1 is 1.32 bits per heavy atom. The molecular formula is C12H17BrN6. The van der Waals surface area contributed by atoms with Gasteiger partial charge in [-0.15, -0.1) is 0 Å². The molecule has 0 aliphatic carbocycles. The summed E-state index contributed by atoms with van der Waals surface area (Å²) < 4.78 is 2.87. The molecule has 0 aliphatic rings. The van der Waals surface area contributed by atoms with Crippen molar-refractivity contribution in [1.29, 1.82) is 0 Å². The molecule has 0 spiro atoms. The van der Waals surface area contributed by atoms with Gasteiger partial charge in [0.1, 0.15) is 5.82 Å². The fourth-order valence-corrected chi connectivity index (χ4v) is 1.87. The Kier molecular flexibility index (Phi) is 5.14. The molecule has 0 aromatic carbocycles. The van der Waals surface area contributed by atoms with E-state index in [0.29, 0.717) is 5.95 Å². The fraction of sp³-hybridized carbons (Fsp3) is 0.417. The minimum atomic E-state index is 0.648. The van der Waals surface area contributed by atoms with E-state index in [1.54, 1.807) is 18.7 Å². The maximum atomic E-state index is 4.42. The Balaban J connectivity index is 1.90. The summed E-state index contributed by atoms with van der Waals surface area (Å²) >= 11 is 3.44. The molecule has 0 bridgehead atoms. The van der Waals surface area contributed by atoms with Crippen LogP contribution in [0, 0.1) is 0 Å². The topological polar surface area (TPSA) is 67.7 Å². The molecule has 0 unspecified atom stereocenters. The molecule has 102 valence electrons. The van der Waals surface area contributed by atoms with Crippen LogP contribution in [-0.4, -0.2) is 32.6 Å². The van der Waals surface area contributed by atoms with E-state index in [-0.39, 0.29) is 0 Å². The van der Waals surface area contributed by atoms with E-state index in [1.807, 2.05) is 10.8 Å². The second-order valence-electron chi connectivity index (χ2n) is 4.04. The molecule has 0 amide bonds. The lowest BCUT2D eigenvalue weighted by Gasteiger charge is -2.10. The summed E-state index contributed by atoms with van der Waals surface area (Å²) in [7, 11) is 0. The number of halogens is 1. The lowest BCUT2D eigenvalue weighted by atomic mass is 10.5. The zero-order chi connectivity index (χ0) is 13.5. The molecule has 2 rings (SSSR count). The summed E-state index contributed by atoms with van der Waals surface area (Å²) in [5.74, 6) is 1.45. The number of aromatic nitrogens is 4. The summed E-state index contributed by atoms with van der Waals surface area (Å²) in [6.07, 6.45) is 8.30. The molecule has 7 heteroatoms. The molecule has 2 aromatic rings. The monoisotopic (exact) mass is 324 g/mol. The van der Waals surface area contributed by atoms with Gasteiger partial charge < -0.3 is 15.2 Å². The van der Waals surface area contributed by atoms with Crippen molar-refractivity contribution in [1.82, 2.24) is 19.5 Å². The second-order valence-corrected chi connectivity index (χ2v) is 4.90. The number of hydrogen-bond donors (Lipinski definition) is 2. The van der Waals surface area contributed by atoms with Crippen LogP contribution in [0.3, 0.4) is 0 Å². The summed E-state index contributed by atoms with van der Waals surface area (Å²) in [6, 6.07) is 0. The number of anilines is 2. The number of nitrogens with one attached hydrogen (secondary N) is 2. The van der Waals surface area contributed by atoms with Gasteiger partial charge in [0, 0.05) is 38.2 Å². The molecule has 2 N–H and O–H groups in total. The van der Waals surface area contributed by atoms with Gasteiger partial charge in [-0.1, -0.05) is 6.92 Å². The van der Waals surface area contributed by atoms with Crippen LogP contribution in [0.2, 0.25) is 0 Å². The summed E-state index contributed by atoms with van der Waals surface area (Å²) in [5.41, 5.74) is 0. The van der Waals surface area contributed by atoms with Gasteiger partial charge in [-0.05, 0) is 22.4 Å². The second kappa shape index (κ2) is 7.08. The maximum Gasteiger partial charge on any atom is 0.224 e. The molecule has 0 fully saturated rings. The van der Waals surface area contributed by atoms with Gasteiger partial charge in [0.2, 0.25) is 5.95 Å². The Labute approximate surface area is 120 Å². The molecule has 0 aliphatic heterocycles. The Morgan fingerprint density at radius 2 is 2.21 bits per heavy atom. The van der Waals surface area contributed by atoms with Crippen LogP contribution < -0.4 is 10.6 Å². The van der Waals surface area contributed by atoms with E-state index in [0.717, 1.165) is 36.3 Å². The molecule has 6 nitrogen and oxygen atoms in total. The lowest BCUT2D eigenvalue weighted by molar-refractivity contribution is 0.725. The SMILES string of the molecule is CCCNc1ncc(Br)c(NCCn2ccnc2)n1. The van der Waals surface area contributed by atoms with Crippen molar-refractivity contribution in [2.24, 2.45) is 0 Å². The first kappa shape index (κ1) is 13.8. The van der Waals surface area contributed by atoms with Crippen LogP contribution in [0.25, 0.3) is 0 Å². The highest BCUT2D eigenvalue weighted by molar-refractivity contribution is 9.10. The first-order chi connectivity index (χ1) is 9.29. The van der Waals surface area contributed by atoms with Gasteiger partial charge >= 0.3 is 0 Å². The third-order valence-corrected chi connectivity index (χ3v) is 3.08. The Hall–Kier alpha value is -1.63. The maximum absolute atomic E-state index is 4.42. The molecule has 0 saturated heterocycles. The van der Waals surface area contributed by atoms with Gasteiger partial charge in [0.15, 0.2) is 0 Å². The predicted octanol–water partition coefficient (Wildman–Crippen LogP) is 2.37. The summed E-state index contributed by atoms with van der Waals surface area (Å²) in [6.45, 7) is 4.60. The van der Waals surface area contributed by atoms with Crippen molar-refractivity contribution >= 4 is 27.7 Å². The molecule has 19 heavy (non-hydrogen) atoms. The minimum absolute atomic E-state index is 0.648. The van der Waals surface area contributed by atoms with Crippen molar-refractivity contribution in [2.75, 3.05) is 23.7 Å². The third-order valence-electron chi connectivity index (χ3n) is 2.50. The first-order valence-electron chi connectivity index (χ1n) is 6.25. The van der Waals surface area contributed by atoms with Gasteiger partial charge in [-0.3, -0.25) is 0 Å². The van der Waals surface area contributed by atoms with E-state index in [2.05, 4.69) is 48.4 Å². The van der Waals surface area contributed by atoms with Crippen molar-refractivity contribution in [3.05, 3.63) is 29.4 Å². The number of imidazole rings is 1. The number of hydrogen-bond acceptors (Lipinski definition) is 5. The molecule has 0 radical (unpaired) electrons. The van der Waals surface area contributed by atoms with Gasteiger partial charge in [0.05, 0.1) is 10.8 Å². The molecular weight excluding hydrogens is 308 g/mol. The lowest BCUT2D eigenvalue weighted by Crippen LogP contribution is -2.12. The van der Waals surface area contributed by atoms with Crippen LogP contribution in [0.1, 0.15) is 13.3 Å². The average molecular weight is 325 g/mol.